The highest BCUT2D eigenvalue weighted by Gasteiger charge is 2.15. The van der Waals surface area contributed by atoms with E-state index in [-0.39, 0.29) is 18.5 Å². The van der Waals surface area contributed by atoms with Gasteiger partial charge in [-0.05, 0) is 18.1 Å². The van der Waals surface area contributed by atoms with Crippen molar-refractivity contribution in [3.05, 3.63) is 35.4 Å². The van der Waals surface area contributed by atoms with E-state index in [1.165, 1.54) is 13.1 Å². The molecule has 0 unspecified atom stereocenters. The third kappa shape index (κ3) is 3.51. The van der Waals surface area contributed by atoms with Gasteiger partial charge in [0.2, 0.25) is 0 Å². The third-order valence-electron chi connectivity index (χ3n) is 2.29. The molecule has 4 nitrogen and oxygen atoms in total. The molecular formula is C11H12F2N2O2. The van der Waals surface area contributed by atoms with Crippen LogP contribution in [-0.2, 0) is 16.0 Å². The molecular weight excluding hydrogens is 230 g/mol. The third-order valence-corrected chi connectivity index (χ3v) is 2.29. The Labute approximate surface area is 97.0 Å². The molecule has 0 aliphatic heterocycles. The van der Waals surface area contributed by atoms with Crippen LogP contribution < -0.4 is 5.73 Å². The lowest BCUT2D eigenvalue weighted by Gasteiger charge is -2.15. The largest absolute Gasteiger partial charge is 0.361 e. The van der Waals surface area contributed by atoms with Crippen molar-refractivity contribution in [3.63, 3.8) is 0 Å². The number of primary amides is 1. The first-order valence-electron chi connectivity index (χ1n) is 4.90. The van der Waals surface area contributed by atoms with Crippen molar-refractivity contribution in [1.82, 2.24) is 4.90 Å². The Balaban J connectivity index is 2.62. The van der Waals surface area contributed by atoms with Gasteiger partial charge in [0.25, 0.3) is 0 Å². The molecule has 17 heavy (non-hydrogen) atoms. The summed E-state index contributed by atoms with van der Waals surface area (Å²) in [5, 5.41) is 0. The summed E-state index contributed by atoms with van der Waals surface area (Å²) in [6.07, 6.45) is 0.182. The van der Waals surface area contributed by atoms with Crippen LogP contribution >= 0.6 is 0 Å². The Kier molecular flexibility index (Phi) is 4.14. The van der Waals surface area contributed by atoms with Gasteiger partial charge in [-0.2, -0.15) is 0 Å². The van der Waals surface area contributed by atoms with Crippen LogP contribution in [0.4, 0.5) is 8.78 Å². The Morgan fingerprint density at radius 1 is 1.35 bits per heavy atom. The number of nitrogens with two attached hydrogens (primary N) is 1. The fraction of sp³-hybridized carbons (Fsp3) is 0.273. The fourth-order valence-electron chi connectivity index (χ4n) is 1.30. The lowest BCUT2D eigenvalue weighted by Crippen LogP contribution is -2.38. The van der Waals surface area contributed by atoms with E-state index in [9.17, 15) is 18.4 Å². The topological polar surface area (TPSA) is 63.4 Å². The average molecular weight is 242 g/mol. The molecule has 0 aromatic heterocycles. The Morgan fingerprint density at radius 3 is 2.53 bits per heavy atom. The molecule has 1 rings (SSSR count). The smallest absolute Gasteiger partial charge is 0.311 e. The molecule has 0 heterocycles. The molecule has 1 aromatic carbocycles. The summed E-state index contributed by atoms with van der Waals surface area (Å²) >= 11 is 0. The van der Waals surface area contributed by atoms with Gasteiger partial charge in [-0.25, -0.2) is 8.78 Å². The SMILES string of the molecule is CN(CCc1ccc(F)cc1F)C(=O)C(N)=O. The lowest BCUT2D eigenvalue weighted by molar-refractivity contribution is -0.143. The van der Waals surface area contributed by atoms with Crippen LogP contribution in [0, 0.1) is 11.6 Å². The predicted octanol–water partition coefficient (Wildman–Crippen LogP) is 0.451. The van der Waals surface area contributed by atoms with E-state index >= 15 is 0 Å². The summed E-state index contributed by atoms with van der Waals surface area (Å²) in [6.45, 7) is 0.129. The Morgan fingerprint density at radius 2 is 2.00 bits per heavy atom. The maximum absolute atomic E-state index is 13.2. The number of rotatable bonds is 3. The number of amides is 2. The van der Waals surface area contributed by atoms with Gasteiger partial charge in [-0.3, -0.25) is 9.59 Å². The molecule has 0 aliphatic rings. The second-order valence-electron chi connectivity index (χ2n) is 3.58. The average Bonchev–Trinajstić information content (AvgIpc) is 2.26. The van der Waals surface area contributed by atoms with Crippen LogP contribution in [0.3, 0.4) is 0 Å². The second kappa shape index (κ2) is 5.38. The number of hydrogen-bond donors (Lipinski definition) is 1. The van der Waals surface area contributed by atoms with Crippen LogP contribution in [0.5, 0.6) is 0 Å². The minimum atomic E-state index is -1.06. The first-order chi connectivity index (χ1) is 7.91. The van der Waals surface area contributed by atoms with Gasteiger partial charge in [0, 0.05) is 19.7 Å². The van der Waals surface area contributed by atoms with Gasteiger partial charge < -0.3 is 10.6 Å². The van der Waals surface area contributed by atoms with Gasteiger partial charge in [-0.1, -0.05) is 6.07 Å². The van der Waals surface area contributed by atoms with E-state index in [1.807, 2.05) is 0 Å². The zero-order chi connectivity index (χ0) is 13.0. The van der Waals surface area contributed by atoms with E-state index in [0.717, 1.165) is 17.0 Å². The zero-order valence-electron chi connectivity index (χ0n) is 9.24. The number of likely N-dealkylation sites (N-methyl/N-ethyl adjacent to an activating group) is 1. The van der Waals surface area contributed by atoms with Gasteiger partial charge in [0.1, 0.15) is 11.6 Å². The first kappa shape index (κ1) is 13.1. The lowest BCUT2D eigenvalue weighted by atomic mass is 10.1. The molecule has 0 radical (unpaired) electrons. The molecule has 1 aromatic rings. The summed E-state index contributed by atoms with van der Waals surface area (Å²) < 4.78 is 25.8. The number of halogens is 2. The predicted molar refractivity (Wildman–Crippen MR) is 56.9 cm³/mol. The summed E-state index contributed by atoms with van der Waals surface area (Å²) in [5.41, 5.74) is 5.08. The standard InChI is InChI=1S/C11H12F2N2O2/c1-15(11(17)10(14)16)5-4-7-2-3-8(12)6-9(7)13/h2-3,6H,4-5H2,1H3,(H2,14,16). The van der Waals surface area contributed by atoms with Crippen LogP contribution in [0.15, 0.2) is 18.2 Å². The number of carbonyl (C=O) groups is 2. The van der Waals surface area contributed by atoms with Gasteiger partial charge in [0.05, 0.1) is 0 Å². The van der Waals surface area contributed by atoms with E-state index in [2.05, 4.69) is 0 Å². The van der Waals surface area contributed by atoms with Crippen molar-refractivity contribution in [2.45, 2.75) is 6.42 Å². The monoisotopic (exact) mass is 242 g/mol. The van der Waals surface area contributed by atoms with Crippen molar-refractivity contribution in [1.29, 1.82) is 0 Å². The number of hydrogen-bond acceptors (Lipinski definition) is 2. The zero-order valence-corrected chi connectivity index (χ0v) is 9.24. The highest BCUT2D eigenvalue weighted by Crippen LogP contribution is 2.10. The quantitative estimate of drug-likeness (QED) is 0.782. The van der Waals surface area contributed by atoms with Gasteiger partial charge in [0.15, 0.2) is 0 Å². The fourth-order valence-corrected chi connectivity index (χ4v) is 1.30. The van der Waals surface area contributed by atoms with Crippen LogP contribution in [0.1, 0.15) is 5.56 Å². The molecule has 0 saturated carbocycles. The van der Waals surface area contributed by atoms with E-state index in [0.29, 0.717) is 0 Å². The minimum Gasteiger partial charge on any atom is -0.361 e. The number of nitrogens with zero attached hydrogens (tertiary/aromatic N) is 1. The highest BCUT2D eigenvalue weighted by molar-refractivity contribution is 6.34. The summed E-state index contributed by atoms with van der Waals surface area (Å²) in [6, 6.07) is 3.20. The van der Waals surface area contributed by atoms with E-state index in [4.69, 9.17) is 5.73 Å². The Hall–Kier alpha value is -1.98. The van der Waals surface area contributed by atoms with Gasteiger partial charge in [-0.15, -0.1) is 0 Å². The molecule has 92 valence electrons. The van der Waals surface area contributed by atoms with Crippen molar-refractivity contribution in [2.75, 3.05) is 13.6 Å². The maximum Gasteiger partial charge on any atom is 0.311 e. The van der Waals surface area contributed by atoms with E-state index < -0.39 is 23.4 Å². The molecule has 2 amide bonds. The first-order valence-corrected chi connectivity index (χ1v) is 4.90. The maximum atomic E-state index is 13.2. The van der Waals surface area contributed by atoms with Crippen LogP contribution in [0.2, 0.25) is 0 Å². The Bertz CT molecular complexity index is 449. The molecule has 0 aliphatic carbocycles. The summed E-state index contributed by atoms with van der Waals surface area (Å²) in [4.78, 5) is 22.8. The van der Waals surface area contributed by atoms with Crippen molar-refractivity contribution < 1.29 is 18.4 Å². The molecule has 0 saturated heterocycles. The minimum absolute atomic E-state index is 0.129. The highest BCUT2D eigenvalue weighted by atomic mass is 19.1. The van der Waals surface area contributed by atoms with Crippen LogP contribution in [-0.4, -0.2) is 30.3 Å². The van der Waals surface area contributed by atoms with E-state index in [1.54, 1.807) is 0 Å². The normalized spacial score (nSPS) is 10.1. The second-order valence-corrected chi connectivity index (χ2v) is 3.58. The molecule has 0 atom stereocenters. The molecule has 6 heteroatoms. The van der Waals surface area contributed by atoms with Gasteiger partial charge >= 0.3 is 11.8 Å². The van der Waals surface area contributed by atoms with Crippen LogP contribution in [0.25, 0.3) is 0 Å². The summed E-state index contributed by atoms with van der Waals surface area (Å²) in [5.74, 6) is -3.24. The van der Waals surface area contributed by atoms with Crippen molar-refractivity contribution in [2.24, 2.45) is 5.73 Å². The summed E-state index contributed by atoms with van der Waals surface area (Å²) in [7, 11) is 1.38. The molecule has 2 N–H and O–H groups in total. The van der Waals surface area contributed by atoms with Crippen molar-refractivity contribution >= 4 is 11.8 Å². The molecule has 0 fully saturated rings. The number of benzene rings is 1. The molecule has 0 spiro atoms. The van der Waals surface area contributed by atoms with Crippen molar-refractivity contribution in [3.8, 4) is 0 Å². The number of carbonyl (C=O) groups excluding carboxylic acids is 2. The molecule has 0 bridgehead atoms.